The lowest BCUT2D eigenvalue weighted by molar-refractivity contribution is -0.137. The lowest BCUT2D eigenvalue weighted by atomic mass is 10.0. The van der Waals surface area contributed by atoms with Gasteiger partial charge in [-0.3, -0.25) is 4.79 Å². The first kappa shape index (κ1) is 23.8. The van der Waals surface area contributed by atoms with E-state index in [0.29, 0.717) is 5.56 Å². The van der Waals surface area contributed by atoms with Crippen LogP contribution in [0.2, 0.25) is 0 Å². The summed E-state index contributed by atoms with van der Waals surface area (Å²) < 4.78 is 47.5. The van der Waals surface area contributed by atoms with Crippen molar-refractivity contribution in [3.05, 3.63) is 93.3 Å². The first-order chi connectivity index (χ1) is 15.4. The molecule has 0 aliphatic carbocycles. The van der Waals surface area contributed by atoms with Crippen molar-refractivity contribution < 1.29 is 22.7 Å². The molecule has 0 radical (unpaired) electrons. The highest BCUT2D eigenvalue weighted by molar-refractivity contribution is 5.91. The third-order valence-electron chi connectivity index (χ3n) is 4.69. The largest absolute Gasteiger partial charge is 0.456 e. The molecule has 3 rings (SSSR count). The van der Waals surface area contributed by atoms with E-state index in [1.165, 1.54) is 30.3 Å². The Bertz CT molecular complexity index is 1280. The highest BCUT2D eigenvalue weighted by Crippen LogP contribution is 2.34. The number of hydrogen-bond donors (Lipinski definition) is 0. The molecule has 3 aromatic rings. The maximum absolute atomic E-state index is 13.7. The van der Waals surface area contributed by atoms with Crippen LogP contribution in [0.4, 0.5) is 13.2 Å². The van der Waals surface area contributed by atoms with Gasteiger partial charge in [0.05, 0.1) is 23.4 Å². The number of ether oxygens (including phenoxy) is 1. The Labute approximate surface area is 188 Å². The predicted octanol–water partition coefficient (Wildman–Crippen LogP) is 5.41. The molecule has 33 heavy (non-hydrogen) atoms. The number of pyridine rings is 1. The maximum atomic E-state index is 13.7. The van der Waals surface area contributed by atoms with Gasteiger partial charge in [0.15, 0.2) is 0 Å². The highest BCUT2D eigenvalue weighted by Gasteiger charge is 2.36. The Morgan fingerprint density at radius 2 is 1.70 bits per heavy atom. The van der Waals surface area contributed by atoms with Gasteiger partial charge >= 0.3 is 12.1 Å². The number of halogens is 3. The number of aromatic nitrogens is 1. The molecule has 0 N–H and O–H groups in total. The monoisotopic (exact) mass is 454 g/mol. The van der Waals surface area contributed by atoms with Crippen molar-refractivity contribution in [1.29, 1.82) is 5.26 Å². The van der Waals surface area contributed by atoms with Crippen LogP contribution in [-0.4, -0.2) is 16.1 Å². The number of nitriles is 1. The first-order valence-electron chi connectivity index (χ1n) is 10.0. The number of carbonyl (C=O) groups excluding carboxylic acids is 1. The minimum atomic E-state index is -4.91. The van der Waals surface area contributed by atoms with Crippen LogP contribution >= 0.6 is 0 Å². The van der Waals surface area contributed by atoms with Crippen LogP contribution in [0.3, 0.4) is 0 Å². The summed E-state index contributed by atoms with van der Waals surface area (Å²) in [5, 5.41) is 9.32. The van der Waals surface area contributed by atoms with Gasteiger partial charge in [0.1, 0.15) is 17.2 Å². The summed E-state index contributed by atoms with van der Waals surface area (Å²) in [4.78, 5) is 25.5. The zero-order valence-electron chi connectivity index (χ0n) is 18.2. The van der Waals surface area contributed by atoms with Crippen molar-refractivity contribution in [3.63, 3.8) is 0 Å². The lowest BCUT2D eigenvalue weighted by Crippen LogP contribution is -2.28. The lowest BCUT2D eigenvalue weighted by Gasteiger charge is -2.20. The van der Waals surface area contributed by atoms with Crippen molar-refractivity contribution >= 4 is 5.97 Å². The third kappa shape index (κ3) is 5.50. The molecular formula is C25H21F3N2O3. The number of alkyl halides is 3. The second-order valence-corrected chi connectivity index (χ2v) is 8.39. The van der Waals surface area contributed by atoms with Crippen LogP contribution in [-0.2, 0) is 17.5 Å². The van der Waals surface area contributed by atoms with E-state index in [9.17, 15) is 28.0 Å². The van der Waals surface area contributed by atoms with E-state index in [-0.39, 0.29) is 23.4 Å². The standard InChI is InChI=1S/C25H21F3N2O3/c1-24(2,3)33-23(32)18-11-7-10-17(12-18)21-13-20(25(26,27)28)19(14-29)22(31)30(21)15-16-8-5-4-6-9-16/h4-13H,15H2,1-3H3. The van der Waals surface area contributed by atoms with Gasteiger partial charge in [0, 0.05) is 0 Å². The van der Waals surface area contributed by atoms with E-state index in [1.54, 1.807) is 51.1 Å². The molecule has 0 amide bonds. The van der Waals surface area contributed by atoms with Gasteiger partial charge < -0.3 is 9.30 Å². The second-order valence-electron chi connectivity index (χ2n) is 8.39. The zero-order chi connectivity index (χ0) is 24.4. The summed E-state index contributed by atoms with van der Waals surface area (Å²) >= 11 is 0. The molecule has 0 spiro atoms. The molecule has 0 aliphatic rings. The van der Waals surface area contributed by atoms with Gasteiger partial charge in [0.2, 0.25) is 0 Å². The average Bonchev–Trinajstić information content (AvgIpc) is 2.73. The summed E-state index contributed by atoms with van der Waals surface area (Å²) in [6.45, 7) is 5.03. The van der Waals surface area contributed by atoms with Gasteiger partial charge in [-0.15, -0.1) is 0 Å². The number of hydrogen-bond acceptors (Lipinski definition) is 4. The molecule has 0 aliphatic heterocycles. The fourth-order valence-corrected chi connectivity index (χ4v) is 3.28. The van der Waals surface area contributed by atoms with Crippen LogP contribution in [0.1, 0.15) is 47.8 Å². The Morgan fingerprint density at radius 3 is 2.27 bits per heavy atom. The topological polar surface area (TPSA) is 72.1 Å². The summed E-state index contributed by atoms with van der Waals surface area (Å²) in [5.74, 6) is -0.647. The SMILES string of the molecule is CC(C)(C)OC(=O)c1cccc(-c2cc(C(F)(F)F)c(C#N)c(=O)n2Cc2ccccc2)c1. The quantitative estimate of drug-likeness (QED) is 0.494. The molecule has 0 saturated heterocycles. The van der Waals surface area contributed by atoms with Gasteiger partial charge in [-0.25, -0.2) is 4.79 Å². The Morgan fingerprint density at radius 1 is 1.03 bits per heavy atom. The zero-order valence-corrected chi connectivity index (χ0v) is 18.2. The predicted molar refractivity (Wildman–Crippen MR) is 117 cm³/mol. The van der Waals surface area contributed by atoms with E-state index in [1.807, 2.05) is 0 Å². The molecular weight excluding hydrogens is 433 g/mol. The maximum Gasteiger partial charge on any atom is 0.417 e. The molecule has 1 aromatic heterocycles. The van der Waals surface area contributed by atoms with E-state index >= 15 is 0 Å². The van der Waals surface area contributed by atoms with Gasteiger partial charge in [-0.1, -0.05) is 42.5 Å². The van der Waals surface area contributed by atoms with Crippen molar-refractivity contribution in [3.8, 4) is 17.3 Å². The minimum Gasteiger partial charge on any atom is -0.456 e. The fourth-order valence-electron chi connectivity index (χ4n) is 3.28. The number of carbonyl (C=O) groups is 1. The number of benzene rings is 2. The Balaban J connectivity index is 2.25. The van der Waals surface area contributed by atoms with Crippen molar-refractivity contribution in [2.75, 3.05) is 0 Å². The second kappa shape index (κ2) is 8.94. The molecule has 1 heterocycles. The van der Waals surface area contributed by atoms with Crippen LogP contribution in [0.15, 0.2) is 65.5 Å². The minimum absolute atomic E-state index is 0.0571. The third-order valence-corrected chi connectivity index (χ3v) is 4.69. The molecule has 2 aromatic carbocycles. The summed E-state index contributed by atoms with van der Waals surface area (Å²) in [7, 11) is 0. The van der Waals surface area contributed by atoms with Crippen LogP contribution < -0.4 is 5.56 Å². The Hall–Kier alpha value is -3.86. The van der Waals surface area contributed by atoms with Crippen molar-refractivity contribution in [1.82, 2.24) is 4.57 Å². The molecule has 8 heteroatoms. The number of rotatable bonds is 4. The molecule has 170 valence electrons. The molecule has 0 bridgehead atoms. The van der Waals surface area contributed by atoms with Crippen LogP contribution in [0, 0.1) is 11.3 Å². The number of nitrogens with zero attached hydrogens (tertiary/aromatic N) is 2. The van der Waals surface area contributed by atoms with Crippen LogP contribution in [0.25, 0.3) is 11.3 Å². The van der Waals surface area contributed by atoms with Gasteiger partial charge in [-0.2, -0.15) is 18.4 Å². The molecule has 0 saturated carbocycles. The smallest absolute Gasteiger partial charge is 0.417 e. The molecule has 0 atom stereocenters. The summed E-state index contributed by atoms with van der Waals surface area (Å²) in [6, 6.07) is 16.7. The number of esters is 1. The Kier molecular flexibility index (Phi) is 6.45. The summed E-state index contributed by atoms with van der Waals surface area (Å²) in [5.41, 5.74) is -3.20. The van der Waals surface area contributed by atoms with E-state index in [4.69, 9.17) is 4.74 Å². The first-order valence-corrected chi connectivity index (χ1v) is 10.0. The normalized spacial score (nSPS) is 11.7. The van der Waals surface area contributed by atoms with Gasteiger partial charge in [-0.05, 0) is 50.1 Å². The van der Waals surface area contributed by atoms with E-state index in [2.05, 4.69) is 0 Å². The molecule has 0 fully saturated rings. The fraction of sp³-hybridized carbons (Fsp3) is 0.240. The highest BCUT2D eigenvalue weighted by atomic mass is 19.4. The van der Waals surface area contributed by atoms with E-state index in [0.717, 1.165) is 10.6 Å². The van der Waals surface area contributed by atoms with E-state index < -0.39 is 34.4 Å². The van der Waals surface area contributed by atoms with Crippen molar-refractivity contribution in [2.45, 2.75) is 39.1 Å². The molecule has 5 nitrogen and oxygen atoms in total. The molecule has 0 unspecified atom stereocenters. The van der Waals surface area contributed by atoms with Gasteiger partial charge in [0.25, 0.3) is 5.56 Å². The summed E-state index contributed by atoms with van der Waals surface area (Å²) in [6.07, 6.45) is -4.91. The average molecular weight is 454 g/mol. The van der Waals surface area contributed by atoms with Crippen molar-refractivity contribution in [2.24, 2.45) is 0 Å². The van der Waals surface area contributed by atoms with Crippen LogP contribution in [0.5, 0.6) is 0 Å².